The van der Waals surface area contributed by atoms with E-state index in [4.69, 9.17) is 47.9 Å². The van der Waals surface area contributed by atoms with Gasteiger partial charge in [0.25, 0.3) is 0 Å². The number of benzene rings is 2. The van der Waals surface area contributed by atoms with Crippen LogP contribution < -0.4 is 16.1 Å². The second kappa shape index (κ2) is 29.2. The number of thioether (sulfide) groups is 1. The Hall–Kier alpha value is -7.36. The van der Waals surface area contributed by atoms with Gasteiger partial charge in [0.05, 0.1) is 56.0 Å². The molecule has 2 aromatic carbocycles. The zero-order chi connectivity index (χ0) is 71.1. The summed E-state index contributed by atoms with van der Waals surface area (Å²) in [7, 11) is -1.32. The fraction of sp³-hybridized carbons (Fsp3) is 0.479. The summed E-state index contributed by atoms with van der Waals surface area (Å²) in [6.45, 7) is 33.0. The van der Waals surface area contributed by atoms with Crippen molar-refractivity contribution in [3.63, 3.8) is 0 Å². The number of fused-ring (bicyclic) bond motifs is 6. The van der Waals surface area contributed by atoms with Crippen LogP contribution in [0.25, 0.3) is 33.8 Å². The Morgan fingerprint density at radius 1 is 0.500 bits per heavy atom. The highest BCUT2D eigenvalue weighted by atomic mass is 79.9. The predicted octanol–water partition coefficient (Wildman–Crippen LogP) is 13.9. The van der Waals surface area contributed by atoms with E-state index in [1.165, 1.54) is 57.9 Å². The molecule has 3 aliphatic heterocycles. The molecule has 7 aliphatic rings. The van der Waals surface area contributed by atoms with Gasteiger partial charge in [0, 0.05) is 65.9 Å². The number of halogens is 1. The first-order valence-corrected chi connectivity index (χ1v) is 36.7. The van der Waals surface area contributed by atoms with Crippen LogP contribution in [0.5, 0.6) is 0 Å². The van der Waals surface area contributed by atoms with Gasteiger partial charge in [-0.2, -0.15) is 29.2 Å². The predicted molar refractivity (Wildman–Crippen MR) is 399 cm³/mol. The lowest BCUT2D eigenvalue weighted by Crippen LogP contribution is -2.41. The topological polar surface area (TPSA) is 243 Å². The normalized spacial score (nSPS) is 20.7. The first-order valence-electron chi connectivity index (χ1n) is 34.7. The second-order valence-electron chi connectivity index (χ2n) is 30.1. The number of anilines is 2. The molecule has 16 rings (SSSR count). The number of aromatic nitrogens is 14. The van der Waals surface area contributed by atoms with Gasteiger partial charge in [-0.25, -0.2) is 39.9 Å². The van der Waals surface area contributed by atoms with Crippen LogP contribution in [0.15, 0.2) is 138 Å². The lowest BCUT2D eigenvalue weighted by Gasteiger charge is -2.32. The standard InChI is InChI=1S/C25H25N7.C22H25N5S.C12H24B2O4.C10H15BN2O2.C4H3BrN2/c1-15(2)22-13-28-32-24(22)30-23(18-11-26-14-27-12-18)31-25(32)29-19-8-7-17-9-16-5-3-4-6-20(16)21(17)10-19;1-13(2)19-12-23-27-20(19)25-22(28-3)26-21(27)24-16-9-8-15-10-14-6-4-5-7-17(14)18(15)11-16;1-9(2)10(3,4)16-13(15-9)14-17-11(5,6)12(7,8)18-14;1-9(2)10(3,4)15-11(14-9)8-5-12-7-13-6-8;5-4-1-6-3-7-2-4/h3-6,11-15,19H,7-10H2,1-2H3,(H,29,30,31);4-7,12-13,16H,8-11H2,1-3H3,(H,24,25,26);1-8H3;5-7H,1-4H3;1-3H/t19-;16-;;;/m11.../s1. The van der Waals surface area contributed by atoms with Crippen molar-refractivity contribution < 1.29 is 27.9 Å². The van der Waals surface area contributed by atoms with E-state index < -0.39 is 14.0 Å². The van der Waals surface area contributed by atoms with Crippen LogP contribution >= 0.6 is 27.7 Å². The fourth-order valence-electron chi connectivity index (χ4n) is 13.1. The first kappa shape index (κ1) is 72.4. The van der Waals surface area contributed by atoms with Gasteiger partial charge in [0.2, 0.25) is 11.9 Å². The molecule has 522 valence electrons. The van der Waals surface area contributed by atoms with Crippen molar-refractivity contribution in [3.05, 3.63) is 166 Å². The average Bonchev–Trinajstić information content (AvgIpc) is 1.60. The molecule has 3 saturated heterocycles. The van der Waals surface area contributed by atoms with E-state index in [9.17, 15) is 0 Å². The lowest BCUT2D eigenvalue weighted by atomic mass is 9.49. The molecular formula is C73H92B3BrN16O6S. The van der Waals surface area contributed by atoms with Crippen molar-refractivity contribution in [1.82, 2.24) is 69.1 Å². The highest BCUT2D eigenvalue weighted by molar-refractivity contribution is 9.10. The summed E-state index contributed by atoms with van der Waals surface area (Å²) in [6, 6.07) is 18.3. The molecule has 3 fully saturated rings. The summed E-state index contributed by atoms with van der Waals surface area (Å²) >= 11 is 4.76. The van der Waals surface area contributed by atoms with E-state index in [0.29, 0.717) is 29.7 Å². The number of nitrogens with zero attached hydrogens (tertiary/aromatic N) is 14. The SMILES string of the molecule is Brc1cncnc1.CC(C)c1cnn2c(N[C@@H]3CCC4=C(C3)c3ccccc3C4)nc(-c3cncnc3)nc12.CC1(C)OB(B2OC(C)(C)C(C)(C)O2)OC1(C)C.CC1(C)OB(c2cncnc2)OC1(C)C.CSc1nc(N[C@@H]2CCC3=C(C2)c2ccccc2C3)n2ncc(C(C)C)c2n1. The monoisotopic (exact) mass is 1430 g/mol. The van der Waals surface area contributed by atoms with Crippen LogP contribution in [0.2, 0.25) is 0 Å². The third-order valence-corrected chi connectivity index (χ3v) is 21.9. The zero-order valence-corrected chi connectivity index (χ0v) is 63.1. The van der Waals surface area contributed by atoms with Gasteiger partial charge in [-0.15, -0.1) is 0 Å². The van der Waals surface area contributed by atoms with Crippen molar-refractivity contribution in [2.24, 2.45) is 0 Å². The maximum Gasteiger partial charge on any atom is 0.498 e. The Labute approximate surface area is 601 Å². The molecule has 0 bridgehead atoms. The second-order valence-corrected chi connectivity index (χ2v) is 31.8. The molecule has 10 heterocycles. The van der Waals surface area contributed by atoms with E-state index >= 15 is 0 Å². The lowest BCUT2D eigenvalue weighted by molar-refractivity contribution is 0.00578. The van der Waals surface area contributed by atoms with Gasteiger partial charge in [-0.05, 0) is 202 Å². The quantitative estimate of drug-likeness (QED) is 0.0955. The summed E-state index contributed by atoms with van der Waals surface area (Å²) in [5.41, 5.74) is 15.7. The van der Waals surface area contributed by atoms with E-state index in [1.807, 2.05) is 111 Å². The van der Waals surface area contributed by atoms with Gasteiger partial charge < -0.3 is 38.6 Å². The molecule has 100 heavy (non-hydrogen) atoms. The third kappa shape index (κ3) is 15.4. The van der Waals surface area contributed by atoms with Crippen molar-refractivity contribution in [3.8, 4) is 11.4 Å². The first-order chi connectivity index (χ1) is 47.5. The Morgan fingerprint density at radius 2 is 0.900 bits per heavy atom. The van der Waals surface area contributed by atoms with Gasteiger partial charge in [-0.1, -0.05) is 99.1 Å². The largest absolute Gasteiger partial charge is 0.498 e. The summed E-state index contributed by atoms with van der Waals surface area (Å²) < 4.78 is 40.2. The highest BCUT2D eigenvalue weighted by Gasteiger charge is 2.64. The van der Waals surface area contributed by atoms with E-state index in [2.05, 4.69) is 143 Å². The molecule has 0 unspecified atom stereocenters. The van der Waals surface area contributed by atoms with Crippen molar-refractivity contribution in [2.45, 2.75) is 225 Å². The minimum absolute atomic E-state index is 0.296. The summed E-state index contributed by atoms with van der Waals surface area (Å²) in [6.07, 6.45) is 29.4. The van der Waals surface area contributed by atoms with E-state index in [0.717, 1.165) is 101 Å². The van der Waals surface area contributed by atoms with Crippen LogP contribution in [-0.2, 0) is 40.8 Å². The molecule has 0 amide bonds. The van der Waals surface area contributed by atoms with Crippen LogP contribution in [-0.4, -0.2) is 142 Å². The Morgan fingerprint density at radius 3 is 1.32 bits per heavy atom. The van der Waals surface area contributed by atoms with Crippen LogP contribution in [0.4, 0.5) is 11.9 Å². The minimum atomic E-state index is -0.476. The molecule has 0 radical (unpaired) electrons. The maximum atomic E-state index is 5.96. The van der Waals surface area contributed by atoms with Crippen LogP contribution in [0.3, 0.4) is 0 Å². The molecule has 9 aromatic rings. The molecule has 2 atom stereocenters. The third-order valence-electron chi connectivity index (χ3n) is 20.9. The van der Waals surface area contributed by atoms with Crippen molar-refractivity contribution in [2.75, 3.05) is 16.9 Å². The number of rotatable bonds is 10. The molecule has 2 N–H and O–H groups in total. The van der Waals surface area contributed by atoms with Gasteiger partial charge in [0.15, 0.2) is 22.3 Å². The van der Waals surface area contributed by atoms with Crippen molar-refractivity contribution >= 4 is 88.6 Å². The Balaban J connectivity index is 0.000000127. The number of hydrogen-bond donors (Lipinski definition) is 2. The molecule has 0 spiro atoms. The molecular weight excluding hydrogens is 1340 g/mol. The molecule has 0 saturated carbocycles. The average molecular weight is 1430 g/mol. The van der Waals surface area contributed by atoms with Gasteiger partial charge >= 0.3 is 21.1 Å². The summed E-state index contributed by atoms with van der Waals surface area (Å²) in [5, 5.41) is 17.4. The summed E-state index contributed by atoms with van der Waals surface area (Å²) in [5.74, 6) is 2.84. The Bertz CT molecular complexity index is 4360. The Kier molecular flexibility index (Phi) is 21.1. The fourth-order valence-corrected chi connectivity index (χ4v) is 13.7. The number of allylic oxidation sites excluding steroid dienone is 2. The smallest absolute Gasteiger partial charge is 0.405 e. The van der Waals surface area contributed by atoms with Crippen molar-refractivity contribution in [1.29, 1.82) is 0 Å². The maximum absolute atomic E-state index is 5.96. The van der Waals surface area contributed by atoms with Crippen LogP contribution in [0.1, 0.15) is 195 Å². The minimum Gasteiger partial charge on any atom is -0.405 e. The van der Waals surface area contributed by atoms with Gasteiger partial charge in [0.1, 0.15) is 19.0 Å². The summed E-state index contributed by atoms with van der Waals surface area (Å²) in [4.78, 5) is 42.8. The molecule has 4 aliphatic carbocycles. The van der Waals surface area contributed by atoms with Crippen LogP contribution in [0, 0.1) is 0 Å². The molecule has 22 nitrogen and oxygen atoms in total. The number of hydrogen-bond acceptors (Lipinski definition) is 21. The highest BCUT2D eigenvalue weighted by Crippen LogP contribution is 2.46. The molecule has 7 aromatic heterocycles. The number of nitrogens with one attached hydrogen (secondary N) is 2. The zero-order valence-electron chi connectivity index (χ0n) is 60.7. The van der Waals surface area contributed by atoms with E-state index in [-0.39, 0.29) is 40.7 Å². The van der Waals surface area contributed by atoms with Gasteiger partial charge in [-0.3, -0.25) is 0 Å². The van der Waals surface area contributed by atoms with E-state index in [1.54, 1.807) is 60.1 Å². The molecule has 27 heteroatoms.